The molecule has 0 aliphatic rings. The number of halogens is 1. The van der Waals surface area contributed by atoms with Gasteiger partial charge in [-0.3, -0.25) is 4.68 Å². The van der Waals surface area contributed by atoms with Crippen LogP contribution in [0, 0.1) is 0 Å². The second kappa shape index (κ2) is 4.66. The molecule has 5 heteroatoms. The fourth-order valence-corrected chi connectivity index (χ4v) is 1.84. The Kier molecular flexibility index (Phi) is 2.86. The third-order valence-electron chi connectivity index (χ3n) is 2.50. The van der Waals surface area contributed by atoms with Gasteiger partial charge in [-0.15, -0.1) is 0 Å². The van der Waals surface area contributed by atoms with Crippen LogP contribution >= 0.6 is 11.6 Å². The summed E-state index contributed by atoms with van der Waals surface area (Å²) >= 11 is 5.80. The maximum Gasteiger partial charge on any atom is 0.226 e. The van der Waals surface area contributed by atoms with Crippen molar-refractivity contribution in [2.45, 2.75) is 6.54 Å². The first kappa shape index (κ1) is 11.0. The number of oxazole rings is 1. The Morgan fingerprint density at radius 2 is 2.06 bits per heavy atom. The maximum atomic E-state index is 5.80. The maximum absolute atomic E-state index is 5.80. The first-order valence-corrected chi connectivity index (χ1v) is 5.87. The lowest BCUT2D eigenvalue weighted by Crippen LogP contribution is -1.99. The van der Waals surface area contributed by atoms with Gasteiger partial charge in [0.25, 0.3) is 0 Å². The molecule has 2 aromatic heterocycles. The van der Waals surface area contributed by atoms with Crippen LogP contribution in [-0.2, 0) is 6.54 Å². The van der Waals surface area contributed by atoms with E-state index in [2.05, 4.69) is 10.1 Å². The third-order valence-corrected chi connectivity index (χ3v) is 2.69. The molecule has 0 aliphatic carbocycles. The van der Waals surface area contributed by atoms with Crippen molar-refractivity contribution in [1.29, 1.82) is 0 Å². The van der Waals surface area contributed by atoms with Crippen LogP contribution in [0.15, 0.2) is 53.4 Å². The Balaban J connectivity index is 1.82. The second-order valence-electron chi connectivity index (χ2n) is 3.87. The van der Waals surface area contributed by atoms with E-state index in [1.165, 1.54) is 0 Å². The molecule has 0 radical (unpaired) electrons. The molecule has 0 atom stereocenters. The Bertz CT molecular complexity index is 645. The van der Waals surface area contributed by atoms with E-state index in [-0.39, 0.29) is 0 Å². The lowest BCUT2D eigenvalue weighted by molar-refractivity contribution is 0.569. The smallest absolute Gasteiger partial charge is 0.226 e. The molecule has 0 saturated heterocycles. The Morgan fingerprint density at radius 3 is 2.78 bits per heavy atom. The summed E-state index contributed by atoms with van der Waals surface area (Å²) in [5.74, 6) is 0.615. The van der Waals surface area contributed by atoms with Crippen LogP contribution in [-0.4, -0.2) is 14.8 Å². The molecule has 1 aromatic carbocycles. The van der Waals surface area contributed by atoms with E-state index in [9.17, 15) is 0 Å². The molecule has 0 aliphatic heterocycles. The van der Waals surface area contributed by atoms with E-state index < -0.39 is 0 Å². The van der Waals surface area contributed by atoms with Gasteiger partial charge in [0.05, 0.1) is 17.8 Å². The molecule has 4 nitrogen and oxygen atoms in total. The second-order valence-corrected chi connectivity index (χ2v) is 4.30. The molecule has 0 amide bonds. The Hall–Kier alpha value is -2.07. The molecule has 0 bridgehead atoms. The Labute approximate surface area is 109 Å². The summed E-state index contributed by atoms with van der Waals surface area (Å²) < 4.78 is 7.16. The van der Waals surface area contributed by atoms with Gasteiger partial charge in [0, 0.05) is 11.8 Å². The van der Waals surface area contributed by atoms with Crippen molar-refractivity contribution >= 4 is 11.6 Å². The zero-order valence-electron chi connectivity index (χ0n) is 9.45. The zero-order valence-corrected chi connectivity index (χ0v) is 10.2. The first-order chi connectivity index (χ1) is 8.81. The lowest BCUT2D eigenvalue weighted by Gasteiger charge is -1.95. The standard InChI is InChI=1S/C13H10ClN3O/c14-11-6-15-17(7-11)8-12-9-18-13(16-12)10-4-2-1-3-5-10/h1-7,9H,8H2. The fourth-order valence-electron chi connectivity index (χ4n) is 1.68. The van der Waals surface area contributed by atoms with Crippen LogP contribution in [0.25, 0.3) is 11.5 Å². The number of nitrogens with zero attached hydrogens (tertiary/aromatic N) is 3. The minimum Gasteiger partial charge on any atom is -0.444 e. The lowest BCUT2D eigenvalue weighted by atomic mass is 10.2. The molecule has 0 saturated carbocycles. The van der Waals surface area contributed by atoms with Crippen LogP contribution in [0.3, 0.4) is 0 Å². The van der Waals surface area contributed by atoms with Gasteiger partial charge in [0.15, 0.2) is 0 Å². The summed E-state index contributed by atoms with van der Waals surface area (Å²) in [4.78, 5) is 4.41. The number of benzene rings is 1. The van der Waals surface area contributed by atoms with E-state index in [0.29, 0.717) is 17.5 Å². The first-order valence-electron chi connectivity index (χ1n) is 5.49. The minimum atomic E-state index is 0.545. The average molecular weight is 260 g/mol. The van der Waals surface area contributed by atoms with Crippen molar-refractivity contribution in [2.75, 3.05) is 0 Å². The monoisotopic (exact) mass is 259 g/mol. The van der Waals surface area contributed by atoms with Crippen molar-refractivity contribution in [3.63, 3.8) is 0 Å². The van der Waals surface area contributed by atoms with Gasteiger partial charge in [0.2, 0.25) is 5.89 Å². The van der Waals surface area contributed by atoms with Crippen molar-refractivity contribution in [3.05, 3.63) is 59.7 Å². The van der Waals surface area contributed by atoms with Crippen LogP contribution in [0.1, 0.15) is 5.69 Å². The molecule has 2 heterocycles. The van der Waals surface area contributed by atoms with E-state index >= 15 is 0 Å². The predicted molar refractivity (Wildman–Crippen MR) is 68.3 cm³/mol. The highest BCUT2D eigenvalue weighted by Crippen LogP contribution is 2.18. The predicted octanol–water partition coefficient (Wildman–Crippen LogP) is 3.24. The highest BCUT2D eigenvalue weighted by atomic mass is 35.5. The molecule has 90 valence electrons. The van der Waals surface area contributed by atoms with E-state index in [1.54, 1.807) is 23.3 Å². The van der Waals surface area contributed by atoms with Crippen LogP contribution in [0.4, 0.5) is 0 Å². The van der Waals surface area contributed by atoms with Crippen molar-refractivity contribution in [2.24, 2.45) is 0 Å². The van der Waals surface area contributed by atoms with E-state index in [0.717, 1.165) is 11.3 Å². The highest BCUT2D eigenvalue weighted by Gasteiger charge is 2.07. The van der Waals surface area contributed by atoms with Gasteiger partial charge in [-0.25, -0.2) is 4.98 Å². The summed E-state index contributed by atoms with van der Waals surface area (Å²) in [6, 6.07) is 9.78. The summed E-state index contributed by atoms with van der Waals surface area (Å²) in [6.07, 6.45) is 4.98. The number of aromatic nitrogens is 3. The molecule has 18 heavy (non-hydrogen) atoms. The zero-order chi connectivity index (χ0) is 12.4. The molecule has 0 fully saturated rings. The molecule has 0 N–H and O–H groups in total. The van der Waals surface area contributed by atoms with Gasteiger partial charge < -0.3 is 4.42 Å². The Morgan fingerprint density at radius 1 is 1.22 bits per heavy atom. The van der Waals surface area contributed by atoms with Gasteiger partial charge in [-0.05, 0) is 12.1 Å². The average Bonchev–Trinajstić information content (AvgIpc) is 3.01. The van der Waals surface area contributed by atoms with Crippen molar-refractivity contribution < 1.29 is 4.42 Å². The van der Waals surface area contributed by atoms with E-state index in [1.807, 2.05) is 30.3 Å². The summed E-state index contributed by atoms with van der Waals surface area (Å²) in [6.45, 7) is 0.545. The fraction of sp³-hybridized carbons (Fsp3) is 0.0769. The van der Waals surface area contributed by atoms with Crippen LogP contribution in [0.5, 0.6) is 0 Å². The molecule has 3 rings (SSSR count). The highest BCUT2D eigenvalue weighted by molar-refractivity contribution is 6.30. The summed E-state index contributed by atoms with van der Waals surface area (Å²) in [5, 5.41) is 4.71. The topological polar surface area (TPSA) is 43.9 Å². The molecular formula is C13H10ClN3O. The normalized spacial score (nSPS) is 10.7. The van der Waals surface area contributed by atoms with Crippen molar-refractivity contribution in [1.82, 2.24) is 14.8 Å². The van der Waals surface area contributed by atoms with Gasteiger partial charge in [-0.2, -0.15) is 5.10 Å². The van der Waals surface area contributed by atoms with Gasteiger partial charge in [-0.1, -0.05) is 29.8 Å². The number of hydrogen-bond donors (Lipinski definition) is 0. The van der Waals surface area contributed by atoms with Gasteiger partial charge in [0.1, 0.15) is 12.0 Å². The van der Waals surface area contributed by atoms with Crippen LogP contribution in [0.2, 0.25) is 5.02 Å². The van der Waals surface area contributed by atoms with E-state index in [4.69, 9.17) is 16.0 Å². The molecule has 0 unspecified atom stereocenters. The van der Waals surface area contributed by atoms with Gasteiger partial charge >= 0.3 is 0 Å². The number of rotatable bonds is 3. The quantitative estimate of drug-likeness (QED) is 0.725. The summed E-state index contributed by atoms with van der Waals surface area (Å²) in [5.41, 5.74) is 1.77. The summed E-state index contributed by atoms with van der Waals surface area (Å²) in [7, 11) is 0. The van der Waals surface area contributed by atoms with Crippen molar-refractivity contribution in [3.8, 4) is 11.5 Å². The third kappa shape index (κ3) is 2.28. The largest absolute Gasteiger partial charge is 0.444 e. The molecule has 3 aromatic rings. The number of hydrogen-bond acceptors (Lipinski definition) is 3. The molecular weight excluding hydrogens is 250 g/mol. The SMILES string of the molecule is Clc1cnn(Cc2coc(-c3ccccc3)n2)c1. The van der Waals surface area contributed by atoms with Crippen LogP contribution < -0.4 is 0 Å². The minimum absolute atomic E-state index is 0.545. The molecule has 0 spiro atoms.